The molecule has 1 aromatic rings. The number of carbonyl (C=O) groups excluding carboxylic acids is 1. The van der Waals surface area contributed by atoms with Crippen molar-refractivity contribution in [3.8, 4) is 0 Å². The number of carbonyl (C=O) groups is 2. The fourth-order valence-corrected chi connectivity index (χ4v) is 3.65. The van der Waals surface area contributed by atoms with Crippen molar-refractivity contribution in [2.75, 3.05) is 0 Å². The van der Waals surface area contributed by atoms with E-state index in [4.69, 9.17) is 9.16 Å². The Bertz CT molecular complexity index is 780. The SMILES string of the molecule is CC(C)(C)OC(=O)N[C@H](C(=O)O)[C@H](O[Si](C)(C)C(C)(C)C)c1ccc(C(F)(F)F)cc1. The lowest BCUT2D eigenvalue weighted by atomic mass is 10.0. The van der Waals surface area contributed by atoms with Crippen LogP contribution in [0.4, 0.5) is 18.0 Å². The smallest absolute Gasteiger partial charge is 0.416 e. The second-order valence-corrected chi connectivity index (χ2v) is 14.6. The molecule has 1 aromatic carbocycles. The van der Waals surface area contributed by atoms with Crippen LogP contribution in [0.2, 0.25) is 18.1 Å². The molecule has 10 heteroatoms. The molecule has 1 rings (SSSR count). The van der Waals surface area contributed by atoms with Crippen molar-refractivity contribution in [1.82, 2.24) is 5.32 Å². The summed E-state index contributed by atoms with van der Waals surface area (Å²) in [6.45, 7) is 14.5. The number of alkyl halides is 3. The summed E-state index contributed by atoms with van der Waals surface area (Å²) in [7, 11) is -2.59. The van der Waals surface area contributed by atoms with E-state index in [1.807, 2.05) is 33.9 Å². The van der Waals surface area contributed by atoms with Crippen molar-refractivity contribution in [2.24, 2.45) is 0 Å². The summed E-state index contributed by atoms with van der Waals surface area (Å²) in [6, 6.07) is 2.51. The Morgan fingerprint density at radius 3 is 1.84 bits per heavy atom. The summed E-state index contributed by atoms with van der Waals surface area (Å²) in [5.41, 5.74) is -1.52. The van der Waals surface area contributed by atoms with Crippen molar-refractivity contribution in [2.45, 2.75) is 83.6 Å². The normalized spacial score (nSPS) is 15.2. The van der Waals surface area contributed by atoms with Gasteiger partial charge in [0.1, 0.15) is 11.7 Å². The average molecular weight is 464 g/mol. The van der Waals surface area contributed by atoms with Crippen LogP contribution in [0.5, 0.6) is 0 Å². The summed E-state index contributed by atoms with van der Waals surface area (Å²) < 4.78 is 50.4. The zero-order chi connectivity index (χ0) is 24.4. The maximum Gasteiger partial charge on any atom is 0.416 e. The molecule has 0 radical (unpaired) electrons. The molecule has 0 spiro atoms. The Morgan fingerprint density at radius 1 is 1.00 bits per heavy atom. The molecule has 2 atom stereocenters. The summed E-state index contributed by atoms with van der Waals surface area (Å²) in [5, 5.41) is 11.8. The number of ether oxygens (including phenoxy) is 1. The monoisotopic (exact) mass is 463 g/mol. The van der Waals surface area contributed by atoms with E-state index in [9.17, 15) is 27.9 Å². The molecule has 0 unspecified atom stereocenters. The van der Waals surface area contributed by atoms with Crippen molar-refractivity contribution >= 4 is 20.4 Å². The van der Waals surface area contributed by atoms with Gasteiger partial charge in [0.25, 0.3) is 0 Å². The number of carboxylic acids is 1. The topological polar surface area (TPSA) is 84.9 Å². The van der Waals surface area contributed by atoms with Crippen LogP contribution < -0.4 is 5.32 Å². The molecule has 0 aliphatic heterocycles. The highest BCUT2D eigenvalue weighted by atomic mass is 28.4. The minimum Gasteiger partial charge on any atom is -0.480 e. The van der Waals surface area contributed by atoms with Crippen LogP contribution in [0.15, 0.2) is 24.3 Å². The van der Waals surface area contributed by atoms with E-state index >= 15 is 0 Å². The third kappa shape index (κ3) is 7.84. The molecule has 0 aliphatic carbocycles. The number of amides is 1. The fraction of sp³-hybridized carbons (Fsp3) is 0.619. The van der Waals surface area contributed by atoms with Gasteiger partial charge in [-0.15, -0.1) is 0 Å². The minimum atomic E-state index is -4.53. The van der Waals surface area contributed by atoms with E-state index in [2.05, 4.69) is 5.32 Å². The highest BCUT2D eigenvalue weighted by molar-refractivity contribution is 6.74. The molecule has 0 bridgehead atoms. The first-order valence-corrected chi connectivity index (χ1v) is 12.7. The maximum absolute atomic E-state index is 13.0. The predicted octanol–water partition coefficient (Wildman–Crippen LogP) is 5.75. The van der Waals surface area contributed by atoms with Crippen LogP contribution in [0.3, 0.4) is 0 Å². The van der Waals surface area contributed by atoms with E-state index in [0.717, 1.165) is 12.1 Å². The summed E-state index contributed by atoms with van der Waals surface area (Å²) in [6.07, 6.45) is -6.71. The van der Waals surface area contributed by atoms with Gasteiger partial charge in [-0.1, -0.05) is 32.9 Å². The number of alkyl carbamates (subject to hydrolysis) is 1. The standard InChI is InChI=1S/C21H32F3NO5Si/c1-19(2,3)29-18(28)25-15(17(26)27)16(30-31(7,8)20(4,5)6)13-9-11-14(12-10-13)21(22,23)24/h9-12,15-16H,1-8H3,(H,25,28)(H,26,27)/t15-,16+/m0/s1. The number of rotatable bonds is 6. The van der Waals surface area contributed by atoms with Crippen molar-refractivity contribution in [3.05, 3.63) is 35.4 Å². The van der Waals surface area contributed by atoms with Gasteiger partial charge in [0.05, 0.1) is 5.56 Å². The molecule has 0 saturated heterocycles. The van der Waals surface area contributed by atoms with Gasteiger partial charge in [-0.05, 0) is 56.6 Å². The molecule has 1 amide bonds. The van der Waals surface area contributed by atoms with Gasteiger partial charge in [-0.2, -0.15) is 13.2 Å². The van der Waals surface area contributed by atoms with Crippen molar-refractivity contribution in [3.63, 3.8) is 0 Å². The summed E-state index contributed by atoms with van der Waals surface area (Å²) in [4.78, 5) is 24.3. The minimum absolute atomic E-state index is 0.210. The van der Waals surface area contributed by atoms with Crippen LogP contribution in [-0.2, 0) is 20.1 Å². The number of benzene rings is 1. The van der Waals surface area contributed by atoms with Crippen molar-refractivity contribution in [1.29, 1.82) is 0 Å². The summed E-state index contributed by atoms with van der Waals surface area (Å²) in [5.74, 6) is -1.39. The van der Waals surface area contributed by atoms with Gasteiger partial charge in [0.15, 0.2) is 14.4 Å². The van der Waals surface area contributed by atoms with Crippen LogP contribution >= 0.6 is 0 Å². The Kier molecular flexibility index (Phi) is 8.00. The second-order valence-electron chi connectivity index (χ2n) is 9.88. The number of halogens is 3. The largest absolute Gasteiger partial charge is 0.480 e. The summed E-state index contributed by atoms with van der Waals surface area (Å²) >= 11 is 0. The van der Waals surface area contributed by atoms with Crippen molar-refractivity contribution < 1.29 is 37.0 Å². The predicted molar refractivity (Wildman–Crippen MR) is 113 cm³/mol. The van der Waals surface area contributed by atoms with Gasteiger partial charge < -0.3 is 19.6 Å². The zero-order valence-electron chi connectivity index (χ0n) is 19.2. The molecule has 0 heterocycles. The van der Waals surface area contributed by atoms with E-state index in [1.54, 1.807) is 20.8 Å². The highest BCUT2D eigenvalue weighted by Gasteiger charge is 2.44. The Labute approximate surface area is 182 Å². The van der Waals surface area contributed by atoms with E-state index in [1.165, 1.54) is 12.1 Å². The Hall–Kier alpha value is -2.07. The number of hydrogen-bond donors (Lipinski definition) is 2. The molecule has 0 aliphatic rings. The molecule has 0 aromatic heterocycles. The number of hydrogen-bond acceptors (Lipinski definition) is 4. The number of aliphatic carboxylic acids is 1. The molecule has 0 fully saturated rings. The molecule has 176 valence electrons. The van der Waals surface area contributed by atoms with Gasteiger partial charge in [0, 0.05) is 0 Å². The molecule has 2 N–H and O–H groups in total. The Morgan fingerprint density at radius 2 is 1.48 bits per heavy atom. The Balaban J connectivity index is 3.41. The zero-order valence-corrected chi connectivity index (χ0v) is 20.2. The number of nitrogens with one attached hydrogen (secondary N) is 1. The average Bonchev–Trinajstić information content (AvgIpc) is 2.54. The second kappa shape index (κ2) is 9.19. The molecular weight excluding hydrogens is 431 g/mol. The third-order valence-electron chi connectivity index (χ3n) is 5.04. The molecule has 6 nitrogen and oxygen atoms in total. The molecule has 0 saturated carbocycles. The fourth-order valence-electron chi connectivity index (χ4n) is 2.39. The molecule has 31 heavy (non-hydrogen) atoms. The van der Waals surface area contributed by atoms with Gasteiger partial charge in [0.2, 0.25) is 0 Å². The number of carboxylic acid groups (broad SMARTS) is 1. The van der Waals surface area contributed by atoms with E-state index in [0.29, 0.717) is 0 Å². The first-order valence-electron chi connectivity index (χ1n) is 9.82. The van der Waals surface area contributed by atoms with Gasteiger partial charge in [-0.3, -0.25) is 0 Å². The quantitative estimate of drug-likeness (QED) is 0.525. The van der Waals surface area contributed by atoms with Gasteiger partial charge >= 0.3 is 18.2 Å². The third-order valence-corrected chi connectivity index (χ3v) is 9.49. The molecular formula is C21H32F3NO5Si. The van der Waals surface area contributed by atoms with Gasteiger partial charge in [-0.25, -0.2) is 9.59 Å². The lowest BCUT2D eigenvalue weighted by Gasteiger charge is -2.41. The van der Waals surface area contributed by atoms with Crippen LogP contribution in [-0.4, -0.2) is 37.1 Å². The van der Waals surface area contributed by atoms with Crippen LogP contribution in [0.25, 0.3) is 0 Å². The van der Waals surface area contributed by atoms with E-state index < -0.39 is 49.9 Å². The lowest BCUT2D eigenvalue weighted by molar-refractivity contribution is -0.142. The van der Waals surface area contributed by atoms with Crippen LogP contribution in [0, 0.1) is 0 Å². The maximum atomic E-state index is 13.0. The highest BCUT2D eigenvalue weighted by Crippen LogP contribution is 2.41. The first-order chi connectivity index (χ1) is 13.7. The first kappa shape index (κ1) is 27.0. The van der Waals surface area contributed by atoms with Crippen LogP contribution in [0.1, 0.15) is 58.8 Å². The van der Waals surface area contributed by atoms with E-state index in [-0.39, 0.29) is 10.6 Å². The lowest BCUT2D eigenvalue weighted by Crippen LogP contribution is -2.51.